The third-order valence-corrected chi connectivity index (χ3v) is 4.74. The number of piperidine rings is 1. The SMILES string of the molecule is CC(C)(C)CNC(=O)NC1CCN(C(=O)Cc2cccs2)CC1. The molecule has 2 heterocycles. The van der Waals surface area contributed by atoms with E-state index in [4.69, 9.17) is 0 Å². The highest BCUT2D eigenvalue weighted by Gasteiger charge is 2.24. The average molecular weight is 337 g/mol. The van der Waals surface area contributed by atoms with Gasteiger partial charge in [-0.1, -0.05) is 26.8 Å². The Labute approximate surface area is 142 Å². The molecule has 2 rings (SSSR count). The van der Waals surface area contributed by atoms with Crippen molar-refractivity contribution in [3.8, 4) is 0 Å². The normalized spacial score (nSPS) is 16.2. The van der Waals surface area contributed by atoms with Crippen LogP contribution in [-0.4, -0.2) is 42.5 Å². The fourth-order valence-electron chi connectivity index (χ4n) is 2.53. The van der Waals surface area contributed by atoms with E-state index in [9.17, 15) is 9.59 Å². The Balaban J connectivity index is 1.69. The van der Waals surface area contributed by atoms with Gasteiger partial charge in [0.05, 0.1) is 6.42 Å². The average Bonchev–Trinajstić information content (AvgIpc) is 2.98. The maximum atomic E-state index is 12.2. The van der Waals surface area contributed by atoms with Crippen LogP contribution in [0.4, 0.5) is 4.79 Å². The predicted octanol–water partition coefficient (Wildman–Crippen LogP) is 2.63. The first kappa shape index (κ1) is 17.8. The van der Waals surface area contributed by atoms with Gasteiger partial charge < -0.3 is 15.5 Å². The number of carbonyl (C=O) groups excluding carboxylic acids is 2. The van der Waals surface area contributed by atoms with Crippen molar-refractivity contribution >= 4 is 23.3 Å². The van der Waals surface area contributed by atoms with Crippen LogP contribution in [0.2, 0.25) is 0 Å². The zero-order valence-electron chi connectivity index (χ0n) is 14.2. The summed E-state index contributed by atoms with van der Waals surface area (Å²) >= 11 is 1.62. The van der Waals surface area contributed by atoms with E-state index in [1.165, 1.54) is 0 Å². The number of thiophene rings is 1. The zero-order valence-corrected chi connectivity index (χ0v) is 15.0. The molecule has 1 aliphatic rings. The minimum Gasteiger partial charge on any atom is -0.342 e. The number of nitrogens with zero attached hydrogens (tertiary/aromatic N) is 1. The number of hydrogen-bond donors (Lipinski definition) is 2. The molecule has 5 nitrogen and oxygen atoms in total. The molecule has 6 heteroatoms. The molecule has 23 heavy (non-hydrogen) atoms. The second-order valence-electron chi connectivity index (χ2n) is 7.30. The Hall–Kier alpha value is -1.56. The van der Waals surface area contributed by atoms with E-state index in [0.29, 0.717) is 26.1 Å². The first-order valence-electron chi connectivity index (χ1n) is 8.18. The lowest BCUT2D eigenvalue weighted by atomic mass is 9.97. The highest BCUT2D eigenvalue weighted by molar-refractivity contribution is 7.10. The molecule has 0 spiro atoms. The van der Waals surface area contributed by atoms with Crippen molar-refractivity contribution in [1.82, 2.24) is 15.5 Å². The topological polar surface area (TPSA) is 61.4 Å². The molecule has 128 valence electrons. The number of urea groups is 1. The molecule has 3 amide bonds. The van der Waals surface area contributed by atoms with Crippen molar-refractivity contribution in [1.29, 1.82) is 0 Å². The van der Waals surface area contributed by atoms with Gasteiger partial charge in [0.15, 0.2) is 0 Å². The zero-order chi connectivity index (χ0) is 16.9. The van der Waals surface area contributed by atoms with E-state index < -0.39 is 0 Å². The monoisotopic (exact) mass is 337 g/mol. The summed E-state index contributed by atoms with van der Waals surface area (Å²) < 4.78 is 0. The molecule has 0 bridgehead atoms. The molecule has 0 radical (unpaired) electrons. The minimum atomic E-state index is -0.108. The maximum absolute atomic E-state index is 12.2. The maximum Gasteiger partial charge on any atom is 0.315 e. The lowest BCUT2D eigenvalue weighted by Gasteiger charge is -2.32. The van der Waals surface area contributed by atoms with Gasteiger partial charge in [0.25, 0.3) is 0 Å². The molecule has 0 atom stereocenters. The van der Waals surface area contributed by atoms with Crippen LogP contribution >= 0.6 is 11.3 Å². The Morgan fingerprint density at radius 3 is 2.57 bits per heavy atom. The Kier molecular flexibility index (Phi) is 6.04. The van der Waals surface area contributed by atoms with Gasteiger partial charge in [-0.3, -0.25) is 4.79 Å². The third kappa shape index (κ3) is 6.22. The molecule has 1 aliphatic heterocycles. The standard InChI is InChI=1S/C17H27N3O2S/c1-17(2,3)12-18-16(22)19-13-6-8-20(9-7-13)15(21)11-14-5-4-10-23-14/h4-5,10,13H,6-9,11-12H2,1-3H3,(H2,18,19,22). The lowest BCUT2D eigenvalue weighted by Crippen LogP contribution is -2.50. The molecule has 1 aromatic rings. The molecule has 1 fully saturated rings. The molecule has 0 aromatic carbocycles. The summed E-state index contributed by atoms with van der Waals surface area (Å²) in [5, 5.41) is 7.91. The summed E-state index contributed by atoms with van der Waals surface area (Å²) in [5.74, 6) is 0.183. The van der Waals surface area contributed by atoms with E-state index in [1.54, 1.807) is 11.3 Å². The van der Waals surface area contributed by atoms with Crippen LogP contribution in [0, 0.1) is 5.41 Å². The second-order valence-corrected chi connectivity index (χ2v) is 8.33. The summed E-state index contributed by atoms with van der Waals surface area (Å²) in [4.78, 5) is 27.1. The third-order valence-electron chi connectivity index (χ3n) is 3.87. The van der Waals surface area contributed by atoms with E-state index in [0.717, 1.165) is 17.7 Å². The molecule has 1 saturated heterocycles. The molecule has 1 aromatic heterocycles. The van der Waals surface area contributed by atoms with Crippen LogP contribution in [0.15, 0.2) is 17.5 Å². The molecule has 2 N–H and O–H groups in total. The molecular formula is C17H27N3O2S. The van der Waals surface area contributed by atoms with Crippen molar-refractivity contribution in [2.45, 2.75) is 46.1 Å². The van der Waals surface area contributed by atoms with E-state index in [1.807, 2.05) is 22.4 Å². The summed E-state index contributed by atoms with van der Waals surface area (Å²) in [6.45, 7) is 8.35. The first-order chi connectivity index (χ1) is 10.8. The van der Waals surface area contributed by atoms with Gasteiger partial charge in [-0.25, -0.2) is 4.79 Å². The van der Waals surface area contributed by atoms with E-state index >= 15 is 0 Å². The van der Waals surface area contributed by atoms with Crippen molar-refractivity contribution < 1.29 is 9.59 Å². The number of likely N-dealkylation sites (tertiary alicyclic amines) is 1. The second kappa shape index (κ2) is 7.81. The van der Waals surface area contributed by atoms with Gasteiger partial charge in [-0.15, -0.1) is 11.3 Å². The van der Waals surface area contributed by atoms with Crippen LogP contribution in [0.5, 0.6) is 0 Å². The summed E-state index contributed by atoms with van der Waals surface area (Å²) in [7, 11) is 0. The fourth-order valence-corrected chi connectivity index (χ4v) is 3.22. The Morgan fingerprint density at radius 2 is 2.00 bits per heavy atom. The van der Waals surface area contributed by atoms with Crippen LogP contribution in [0.1, 0.15) is 38.5 Å². The van der Waals surface area contributed by atoms with E-state index in [-0.39, 0.29) is 23.4 Å². The van der Waals surface area contributed by atoms with Crippen molar-refractivity contribution in [3.05, 3.63) is 22.4 Å². The van der Waals surface area contributed by atoms with Gasteiger partial charge in [-0.05, 0) is 29.7 Å². The Bertz CT molecular complexity index is 514. The number of carbonyl (C=O) groups is 2. The molecule has 0 unspecified atom stereocenters. The van der Waals surface area contributed by atoms with Crippen LogP contribution in [-0.2, 0) is 11.2 Å². The number of hydrogen-bond acceptors (Lipinski definition) is 3. The van der Waals surface area contributed by atoms with Crippen LogP contribution < -0.4 is 10.6 Å². The molecular weight excluding hydrogens is 310 g/mol. The van der Waals surface area contributed by atoms with Crippen LogP contribution in [0.3, 0.4) is 0 Å². The van der Waals surface area contributed by atoms with Gasteiger partial charge in [0.2, 0.25) is 5.91 Å². The highest BCUT2D eigenvalue weighted by atomic mass is 32.1. The number of nitrogens with one attached hydrogen (secondary N) is 2. The lowest BCUT2D eigenvalue weighted by molar-refractivity contribution is -0.131. The Morgan fingerprint density at radius 1 is 1.30 bits per heavy atom. The van der Waals surface area contributed by atoms with Gasteiger partial charge in [0.1, 0.15) is 0 Å². The number of amides is 3. The highest BCUT2D eigenvalue weighted by Crippen LogP contribution is 2.15. The van der Waals surface area contributed by atoms with Crippen molar-refractivity contribution in [3.63, 3.8) is 0 Å². The quantitative estimate of drug-likeness (QED) is 0.887. The largest absolute Gasteiger partial charge is 0.342 e. The van der Waals surface area contributed by atoms with Gasteiger partial charge in [0, 0.05) is 30.6 Å². The summed E-state index contributed by atoms with van der Waals surface area (Å²) in [6.07, 6.45) is 2.13. The minimum absolute atomic E-state index is 0.0783. The molecule has 0 saturated carbocycles. The summed E-state index contributed by atoms with van der Waals surface area (Å²) in [5.41, 5.74) is 0.0783. The number of rotatable bonds is 4. The fraction of sp³-hybridized carbons (Fsp3) is 0.647. The van der Waals surface area contributed by atoms with Crippen molar-refractivity contribution in [2.75, 3.05) is 19.6 Å². The molecule has 0 aliphatic carbocycles. The van der Waals surface area contributed by atoms with Gasteiger partial charge >= 0.3 is 6.03 Å². The predicted molar refractivity (Wildman–Crippen MR) is 93.6 cm³/mol. The smallest absolute Gasteiger partial charge is 0.315 e. The first-order valence-corrected chi connectivity index (χ1v) is 9.06. The summed E-state index contributed by atoms with van der Waals surface area (Å²) in [6, 6.07) is 4.01. The van der Waals surface area contributed by atoms with Gasteiger partial charge in [-0.2, -0.15) is 0 Å². The van der Waals surface area contributed by atoms with E-state index in [2.05, 4.69) is 31.4 Å². The van der Waals surface area contributed by atoms with Crippen LogP contribution in [0.25, 0.3) is 0 Å². The van der Waals surface area contributed by atoms with Crippen molar-refractivity contribution in [2.24, 2.45) is 5.41 Å².